The van der Waals surface area contributed by atoms with Crippen molar-refractivity contribution in [2.75, 3.05) is 18.8 Å². The van der Waals surface area contributed by atoms with Gasteiger partial charge in [0.25, 0.3) is 5.56 Å². The molecule has 1 amide bonds. The first-order valence-corrected chi connectivity index (χ1v) is 12.1. The van der Waals surface area contributed by atoms with E-state index in [1.165, 1.54) is 10.9 Å². The summed E-state index contributed by atoms with van der Waals surface area (Å²) in [6.07, 6.45) is 1.82. The minimum atomic E-state index is -3.44. The van der Waals surface area contributed by atoms with E-state index < -0.39 is 15.1 Å². The Morgan fingerprint density at radius 3 is 2.65 bits per heavy atom. The monoisotopic (exact) mass is 459 g/mol. The van der Waals surface area contributed by atoms with Crippen LogP contribution in [0.4, 0.5) is 0 Å². The van der Waals surface area contributed by atoms with Crippen LogP contribution in [0.2, 0.25) is 5.02 Å². The van der Waals surface area contributed by atoms with Gasteiger partial charge in [-0.25, -0.2) is 13.4 Å². The average molecular weight is 460 g/mol. The number of para-hydroxylation sites is 1. The van der Waals surface area contributed by atoms with Gasteiger partial charge < -0.3 is 4.90 Å². The summed E-state index contributed by atoms with van der Waals surface area (Å²) in [5.41, 5.74) is 0.987. The van der Waals surface area contributed by atoms with Crippen LogP contribution in [0.25, 0.3) is 10.9 Å². The number of halogens is 1. The number of aromatic nitrogens is 2. The molecular weight excluding hydrogens is 438 g/mol. The smallest absolute Gasteiger partial charge is 0.261 e. The summed E-state index contributed by atoms with van der Waals surface area (Å²) >= 11 is 6.23. The van der Waals surface area contributed by atoms with Crippen molar-refractivity contribution in [2.24, 2.45) is 0 Å². The third-order valence-electron chi connectivity index (χ3n) is 5.64. The van der Waals surface area contributed by atoms with Crippen molar-refractivity contribution in [2.45, 2.75) is 24.6 Å². The molecule has 1 saturated heterocycles. The zero-order valence-electron chi connectivity index (χ0n) is 16.8. The van der Waals surface area contributed by atoms with E-state index in [-0.39, 0.29) is 43.2 Å². The Bertz CT molecular complexity index is 1290. The molecule has 1 aliphatic rings. The predicted octanol–water partition coefficient (Wildman–Crippen LogP) is 2.83. The van der Waals surface area contributed by atoms with Crippen LogP contribution in [0, 0.1) is 0 Å². The zero-order valence-corrected chi connectivity index (χ0v) is 18.3. The van der Waals surface area contributed by atoms with Gasteiger partial charge in [-0.15, -0.1) is 0 Å². The molecule has 3 aromatic rings. The van der Waals surface area contributed by atoms with Crippen molar-refractivity contribution in [3.63, 3.8) is 0 Å². The molecule has 4 rings (SSSR count). The molecule has 1 aromatic heterocycles. The number of hydrogen-bond acceptors (Lipinski definition) is 5. The number of fused-ring (bicyclic) bond motifs is 1. The van der Waals surface area contributed by atoms with E-state index in [4.69, 9.17) is 11.6 Å². The molecule has 31 heavy (non-hydrogen) atoms. The van der Waals surface area contributed by atoms with E-state index in [1.54, 1.807) is 47.4 Å². The van der Waals surface area contributed by atoms with Crippen molar-refractivity contribution in [1.29, 1.82) is 0 Å². The van der Waals surface area contributed by atoms with Crippen LogP contribution in [0.1, 0.15) is 23.7 Å². The lowest BCUT2D eigenvalue weighted by molar-refractivity contribution is -0.131. The van der Waals surface area contributed by atoms with Crippen LogP contribution in [0.3, 0.4) is 0 Å². The van der Waals surface area contributed by atoms with Crippen molar-refractivity contribution in [1.82, 2.24) is 14.5 Å². The highest BCUT2D eigenvalue weighted by atomic mass is 35.5. The first-order chi connectivity index (χ1) is 14.9. The fourth-order valence-corrected chi connectivity index (χ4v) is 6.07. The normalized spacial score (nSPS) is 18.6. The zero-order chi connectivity index (χ0) is 22.0. The van der Waals surface area contributed by atoms with E-state index in [2.05, 4.69) is 4.98 Å². The topological polar surface area (TPSA) is 89.3 Å². The molecule has 9 heteroatoms. The molecule has 0 N–H and O–H groups in total. The summed E-state index contributed by atoms with van der Waals surface area (Å²) < 4.78 is 27.1. The van der Waals surface area contributed by atoms with E-state index in [1.807, 2.05) is 6.07 Å². The number of carbonyl (C=O) groups excluding carboxylic acids is 1. The Morgan fingerprint density at radius 2 is 1.84 bits per heavy atom. The minimum absolute atomic E-state index is 0.0940. The van der Waals surface area contributed by atoms with Gasteiger partial charge in [-0.2, -0.15) is 0 Å². The second-order valence-corrected chi connectivity index (χ2v) is 10.3. The molecule has 2 aromatic carbocycles. The summed E-state index contributed by atoms with van der Waals surface area (Å²) in [7, 11) is -3.44. The molecule has 7 nitrogen and oxygen atoms in total. The lowest BCUT2D eigenvalue weighted by Crippen LogP contribution is -2.35. The number of rotatable bonds is 4. The lowest BCUT2D eigenvalue weighted by atomic mass is 10.1. The number of benzene rings is 2. The third-order valence-corrected chi connectivity index (χ3v) is 8.10. The Labute approximate surface area is 185 Å². The fourth-order valence-electron chi connectivity index (χ4n) is 3.92. The standard InChI is InChI=1S/C22H22ClN3O4S/c23-18-7-3-1-5-16(18)20-9-11-25(13-14-31(20,29)30)21(27)10-12-26-15-24-19-8-4-2-6-17(19)22(26)28/h1-8,15,20H,9-14H2. The van der Waals surface area contributed by atoms with Gasteiger partial charge >= 0.3 is 0 Å². The van der Waals surface area contributed by atoms with Crippen molar-refractivity contribution in [3.8, 4) is 0 Å². The largest absolute Gasteiger partial charge is 0.342 e. The number of hydrogen-bond donors (Lipinski definition) is 0. The van der Waals surface area contributed by atoms with Crippen LogP contribution in [-0.4, -0.2) is 47.6 Å². The molecule has 0 aliphatic carbocycles. The van der Waals surface area contributed by atoms with Gasteiger partial charge in [0.15, 0.2) is 9.84 Å². The Morgan fingerprint density at radius 1 is 1.10 bits per heavy atom. The molecule has 0 bridgehead atoms. The van der Waals surface area contributed by atoms with Gasteiger partial charge in [-0.1, -0.05) is 41.9 Å². The molecule has 1 aliphatic heterocycles. The van der Waals surface area contributed by atoms with E-state index in [9.17, 15) is 18.0 Å². The SMILES string of the molecule is O=C(CCn1cnc2ccccc2c1=O)N1CCC(c2ccccc2Cl)S(=O)(=O)CC1. The number of sulfone groups is 1. The van der Waals surface area contributed by atoms with Gasteiger partial charge in [-0.05, 0) is 30.2 Å². The summed E-state index contributed by atoms with van der Waals surface area (Å²) in [5.74, 6) is -0.304. The van der Waals surface area contributed by atoms with Gasteiger partial charge in [0.1, 0.15) is 0 Å². The van der Waals surface area contributed by atoms with Gasteiger partial charge in [0.2, 0.25) is 5.91 Å². The minimum Gasteiger partial charge on any atom is -0.342 e. The Hall–Kier alpha value is -2.71. The molecule has 1 atom stereocenters. The summed E-state index contributed by atoms with van der Waals surface area (Å²) in [4.78, 5) is 31.2. The van der Waals surface area contributed by atoms with Crippen LogP contribution >= 0.6 is 11.6 Å². The molecular formula is C22H22ClN3O4S. The quantitative estimate of drug-likeness (QED) is 0.598. The predicted molar refractivity (Wildman–Crippen MR) is 120 cm³/mol. The Balaban J connectivity index is 1.46. The van der Waals surface area contributed by atoms with Gasteiger partial charge in [-0.3, -0.25) is 14.2 Å². The number of aryl methyl sites for hydroxylation is 1. The summed E-state index contributed by atoms with van der Waals surface area (Å²) in [5, 5.41) is 0.186. The Kier molecular flexibility index (Phi) is 6.11. The summed E-state index contributed by atoms with van der Waals surface area (Å²) in [6.45, 7) is 0.637. The highest BCUT2D eigenvalue weighted by Crippen LogP contribution is 2.33. The average Bonchev–Trinajstić information content (AvgIpc) is 2.92. The van der Waals surface area contributed by atoms with Crippen molar-refractivity contribution < 1.29 is 13.2 Å². The fraction of sp³-hybridized carbons (Fsp3) is 0.318. The second kappa shape index (κ2) is 8.80. The van der Waals surface area contributed by atoms with Gasteiger partial charge in [0.05, 0.1) is 28.2 Å². The molecule has 2 heterocycles. The maximum absolute atomic E-state index is 12.8. The van der Waals surface area contributed by atoms with E-state index in [0.29, 0.717) is 28.0 Å². The number of amides is 1. The first-order valence-electron chi connectivity index (χ1n) is 10.0. The highest BCUT2D eigenvalue weighted by Gasteiger charge is 2.33. The third kappa shape index (κ3) is 4.50. The number of carbonyl (C=O) groups is 1. The maximum Gasteiger partial charge on any atom is 0.261 e. The van der Waals surface area contributed by atoms with Crippen LogP contribution in [-0.2, 0) is 21.2 Å². The lowest BCUT2D eigenvalue weighted by Gasteiger charge is -2.20. The first kappa shape index (κ1) is 21.5. The van der Waals surface area contributed by atoms with E-state index >= 15 is 0 Å². The summed E-state index contributed by atoms with van der Waals surface area (Å²) in [6, 6.07) is 14.0. The van der Waals surface area contributed by atoms with E-state index in [0.717, 1.165) is 0 Å². The van der Waals surface area contributed by atoms with Gasteiger partial charge in [0, 0.05) is 31.1 Å². The second-order valence-electron chi connectivity index (χ2n) is 7.56. The molecule has 0 spiro atoms. The molecule has 0 radical (unpaired) electrons. The highest BCUT2D eigenvalue weighted by molar-refractivity contribution is 7.91. The number of nitrogens with zero attached hydrogens (tertiary/aromatic N) is 3. The molecule has 1 fully saturated rings. The maximum atomic E-state index is 12.8. The molecule has 0 saturated carbocycles. The van der Waals surface area contributed by atoms with Crippen LogP contribution in [0.15, 0.2) is 59.7 Å². The van der Waals surface area contributed by atoms with Crippen LogP contribution < -0.4 is 5.56 Å². The molecule has 162 valence electrons. The molecule has 1 unspecified atom stereocenters. The van der Waals surface area contributed by atoms with Crippen molar-refractivity contribution in [3.05, 3.63) is 75.8 Å². The van der Waals surface area contributed by atoms with Crippen LogP contribution in [0.5, 0.6) is 0 Å². The van der Waals surface area contributed by atoms with Crippen molar-refractivity contribution >= 4 is 38.2 Å².